The van der Waals surface area contributed by atoms with Crippen LogP contribution >= 0.6 is 11.6 Å². The molecule has 3 rings (SSSR count). The Morgan fingerprint density at radius 2 is 2.09 bits per heavy atom. The summed E-state index contributed by atoms with van der Waals surface area (Å²) in [6, 6.07) is 4.59. The molecule has 0 spiro atoms. The summed E-state index contributed by atoms with van der Waals surface area (Å²) in [5.74, 6) is 0.352. The second-order valence-corrected chi connectivity index (χ2v) is 7.17. The molecule has 3 nitrogen and oxygen atoms in total. The lowest BCUT2D eigenvalue weighted by atomic mass is 10.0. The van der Waals surface area contributed by atoms with Crippen LogP contribution in [0.3, 0.4) is 0 Å². The van der Waals surface area contributed by atoms with E-state index in [-0.39, 0.29) is 23.7 Å². The fourth-order valence-electron chi connectivity index (χ4n) is 3.46. The van der Waals surface area contributed by atoms with Gasteiger partial charge in [-0.25, -0.2) is 4.39 Å². The van der Waals surface area contributed by atoms with Crippen molar-refractivity contribution in [3.63, 3.8) is 0 Å². The minimum Gasteiger partial charge on any atom is -0.354 e. The second kappa shape index (κ2) is 7.18. The minimum atomic E-state index is -0.293. The predicted octanol–water partition coefficient (Wildman–Crippen LogP) is 3.78. The van der Waals surface area contributed by atoms with Crippen molar-refractivity contribution in [2.45, 2.75) is 38.6 Å². The molecule has 0 bridgehead atoms. The molecule has 1 saturated carbocycles. The maximum absolute atomic E-state index is 14.4. The van der Waals surface area contributed by atoms with Crippen LogP contribution in [-0.4, -0.2) is 30.4 Å². The zero-order chi connectivity index (χ0) is 16.4. The molecule has 1 saturated heterocycles. The molecule has 0 radical (unpaired) electrons. The van der Waals surface area contributed by atoms with Crippen LogP contribution in [0.25, 0.3) is 0 Å². The monoisotopic (exact) mass is 338 g/mol. The number of likely N-dealkylation sites (tertiary alicyclic amines) is 1. The van der Waals surface area contributed by atoms with Crippen LogP contribution in [0.5, 0.6) is 0 Å². The Balaban J connectivity index is 1.74. The number of rotatable bonds is 6. The van der Waals surface area contributed by atoms with E-state index in [1.807, 2.05) is 6.92 Å². The lowest BCUT2D eigenvalue weighted by Gasteiger charge is -2.29. The summed E-state index contributed by atoms with van der Waals surface area (Å²) in [6.07, 6.45) is 4.50. The van der Waals surface area contributed by atoms with E-state index in [2.05, 4.69) is 10.2 Å². The van der Waals surface area contributed by atoms with E-state index in [4.69, 9.17) is 11.6 Å². The summed E-state index contributed by atoms with van der Waals surface area (Å²) in [7, 11) is 0. The number of benzene rings is 1. The standard InChI is InChI=1S/C18H24ClFN2O/c1-12(13-7-8-13)18(23)21-11-16(22-9-2-3-10-22)17-14(19)5-4-6-15(17)20/h4-6,12-13,16H,2-3,7-11H2,1H3,(H,21,23). The number of halogens is 2. The molecule has 1 N–H and O–H groups in total. The molecule has 1 aliphatic carbocycles. The van der Waals surface area contributed by atoms with Gasteiger partial charge in [-0.15, -0.1) is 0 Å². The van der Waals surface area contributed by atoms with Gasteiger partial charge in [-0.1, -0.05) is 24.6 Å². The van der Waals surface area contributed by atoms with Crippen LogP contribution in [0, 0.1) is 17.7 Å². The van der Waals surface area contributed by atoms with Crippen molar-refractivity contribution in [1.29, 1.82) is 0 Å². The summed E-state index contributed by atoms with van der Waals surface area (Å²) in [4.78, 5) is 14.5. The van der Waals surface area contributed by atoms with Gasteiger partial charge >= 0.3 is 0 Å². The van der Waals surface area contributed by atoms with Gasteiger partial charge in [0, 0.05) is 23.0 Å². The predicted molar refractivity (Wildman–Crippen MR) is 89.9 cm³/mol. The topological polar surface area (TPSA) is 32.3 Å². The van der Waals surface area contributed by atoms with E-state index in [9.17, 15) is 9.18 Å². The van der Waals surface area contributed by atoms with Crippen LogP contribution in [-0.2, 0) is 4.79 Å². The van der Waals surface area contributed by atoms with Crippen molar-refractivity contribution >= 4 is 17.5 Å². The third-order valence-corrected chi connectivity index (χ3v) is 5.46. The Hall–Kier alpha value is -1.13. The van der Waals surface area contributed by atoms with Gasteiger partial charge in [0.05, 0.1) is 6.04 Å². The number of amides is 1. The van der Waals surface area contributed by atoms with Crippen molar-refractivity contribution < 1.29 is 9.18 Å². The highest BCUT2D eigenvalue weighted by atomic mass is 35.5. The maximum Gasteiger partial charge on any atom is 0.223 e. The van der Waals surface area contributed by atoms with Crippen molar-refractivity contribution in [1.82, 2.24) is 10.2 Å². The lowest BCUT2D eigenvalue weighted by molar-refractivity contribution is -0.125. The number of nitrogens with zero attached hydrogens (tertiary/aromatic N) is 1. The number of nitrogens with one attached hydrogen (secondary N) is 1. The normalized spacial score (nSPS) is 21.2. The average Bonchev–Trinajstić information content (AvgIpc) is 3.24. The number of hydrogen-bond donors (Lipinski definition) is 1. The zero-order valence-corrected chi connectivity index (χ0v) is 14.3. The molecule has 5 heteroatoms. The van der Waals surface area contributed by atoms with Gasteiger partial charge in [0.1, 0.15) is 5.82 Å². The minimum absolute atomic E-state index is 0.0466. The highest BCUT2D eigenvalue weighted by molar-refractivity contribution is 6.31. The van der Waals surface area contributed by atoms with Gasteiger partial charge in [-0.2, -0.15) is 0 Å². The molecular formula is C18H24ClFN2O. The third kappa shape index (κ3) is 3.86. The number of carbonyl (C=O) groups is 1. The molecule has 2 atom stereocenters. The van der Waals surface area contributed by atoms with Crippen molar-refractivity contribution in [2.75, 3.05) is 19.6 Å². The van der Waals surface area contributed by atoms with Crippen LogP contribution < -0.4 is 5.32 Å². The van der Waals surface area contributed by atoms with Gasteiger partial charge in [-0.05, 0) is 56.8 Å². The van der Waals surface area contributed by atoms with Crippen LogP contribution in [0.1, 0.15) is 44.2 Å². The summed E-state index contributed by atoms with van der Waals surface area (Å²) in [5, 5.41) is 3.46. The summed E-state index contributed by atoms with van der Waals surface area (Å²) >= 11 is 6.26. The highest BCUT2D eigenvalue weighted by Crippen LogP contribution is 2.37. The fourth-order valence-corrected chi connectivity index (χ4v) is 3.75. The third-order valence-electron chi connectivity index (χ3n) is 5.13. The number of hydrogen-bond acceptors (Lipinski definition) is 2. The largest absolute Gasteiger partial charge is 0.354 e. The zero-order valence-electron chi connectivity index (χ0n) is 13.5. The maximum atomic E-state index is 14.4. The van der Waals surface area contributed by atoms with Gasteiger partial charge in [-0.3, -0.25) is 9.69 Å². The highest BCUT2D eigenvalue weighted by Gasteiger charge is 2.34. The molecular weight excluding hydrogens is 315 g/mol. The van der Waals surface area contributed by atoms with Gasteiger partial charge in [0.15, 0.2) is 0 Å². The summed E-state index contributed by atoms with van der Waals surface area (Å²) in [5.41, 5.74) is 0.510. The average molecular weight is 339 g/mol. The first kappa shape index (κ1) is 16.7. The van der Waals surface area contributed by atoms with E-state index in [0.717, 1.165) is 38.8 Å². The molecule has 0 aromatic heterocycles. The Kier molecular flexibility index (Phi) is 5.22. The SMILES string of the molecule is CC(C(=O)NCC(c1c(F)cccc1Cl)N1CCCC1)C1CC1. The lowest BCUT2D eigenvalue weighted by Crippen LogP contribution is -2.39. The van der Waals surface area contributed by atoms with E-state index >= 15 is 0 Å². The molecule has 2 unspecified atom stereocenters. The van der Waals surface area contributed by atoms with Crippen molar-refractivity contribution in [3.8, 4) is 0 Å². The Bertz CT molecular complexity index is 550. The molecule has 2 fully saturated rings. The fraction of sp³-hybridized carbons (Fsp3) is 0.611. The Morgan fingerprint density at radius 3 is 2.70 bits per heavy atom. The molecule has 1 amide bonds. The van der Waals surface area contributed by atoms with Crippen LogP contribution in [0.15, 0.2) is 18.2 Å². The summed E-state index contributed by atoms with van der Waals surface area (Å²) < 4.78 is 14.4. The van der Waals surface area contributed by atoms with E-state index < -0.39 is 0 Å². The van der Waals surface area contributed by atoms with Gasteiger partial charge in [0.2, 0.25) is 5.91 Å². The van der Waals surface area contributed by atoms with Crippen molar-refractivity contribution in [3.05, 3.63) is 34.6 Å². The molecule has 1 aliphatic heterocycles. The first-order valence-corrected chi connectivity index (χ1v) is 8.91. The molecule has 2 aliphatic rings. The molecule has 1 aromatic carbocycles. The van der Waals surface area contributed by atoms with E-state index in [1.54, 1.807) is 12.1 Å². The van der Waals surface area contributed by atoms with Crippen LogP contribution in [0.4, 0.5) is 4.39 Å². The van der Waals surface area contributed by atoms with E-state index in [1.165, 1.54) is 6.07 Å². The smallest absolute Gasteiger partial charge is 0.223 e. The number of carbonyl (C=O) groups excluding carboxylic acids is 1. The van der Waals surface area contributed by atoms with Gasteiger partial charge in [0.25, 0.3) is 0 Å². The molecule has 1 heterocycles. The first-order valence-electron chi connectivity index (χ1n) is 8.53. The Labute approximate surface area is 142 Å². The quantitative estimate of drug-likeness (QED) is 0.856. The Morgan fingerprint density at radius 1 is 1.39 bits per heavy atom. The molecule has 23 heavy (non-hydrogen) atoms. The summed E-state index contributed by atoms with van der Waals surface area (Å²) in [6.45, 7) is 4.23. The van der Waals surface area contributed by atoms with Crippen LogP contribution in [0.2, 0.25) is 5.02 Å². The molecule has 1 aromatic rings. The van der Waals surface area contributed by atoms with Crippen molar-refractivity contribution in [2.24, 2.45) is 11.8 Å². The molecule has 126 valence electrons. The second-order valence-electron chi connectivity index (χ2n) is 6.77. The first-order chi connectivity index (χ1) is 11.1. The van der Waals surface area contributed by atoms with E-state index in [0.29, 0.717) is 23.0 Å². The van der Waals surface area contributed by atoms with Gasteiger partial charge < -0.3 is 5.32 Å².